The molecular weight excluding hydrogens is 470 g/mol. The molecule has 0 fully saturated rings. The van der Waals surface area contributed by atoms with E-state index in [-0.39, 0.29) is 24.2 Å². The standard InChI is InChI=1S/C34H39NO3/c1-22(2)38-33(36)34(5,6)29-17-15-25(16-18-29)32-21-28(19-27-11-8-9-14-31(27)32)24(4)35-23(3)26-12-10-13-30(20-26)37-7/h8-24,35H,1-7H3/t23-,24?/m1/s1. The second-order valence-corrected chi connectivity index (χ2v) is 10.8. The van der Waals surface area contributed by atoms with Crippen LogP contribution < -0.4 is 10.1 Å². The van der Waals surface area contributed by atoms with Crippen LogP contribution in [0, 0.1) is 0 Å². The fraction of sp³-hybridized carbons (Fsp3) is 0.324. The number of hydrogen-bond donors (Lipinski definition) is 1. The highest BCUT2D eigenvalue weighted by molar-refractivity contribution is 5.97. The van der Waals surface area contributed by atoms with Crippen molar-refractivity contribution in [3.8, 4) is 16.9 Å². The summed E-state index contributed by atoms with van der Waals surface area (Å²) in [4.78, 5) is 12.7. The first kappa shape index (κ1) is 27.4. The molecule has 4 aromatic rings. The highest BCUT2D eigenvalue weighted by Crippen LogP contribution is 2.35. The van der Waals surface area contributed by atoms with E-state index >= 15 is 0 Å². The van der Waals surface area contributed by atoms with E-state index in [2.05, 4.69) is 79.8 Å². The Kier molecular flexibility index (Phi) is 8.23. The molecule has 0 spiro atoms. The number of carbonyl (C=O) groups excluding carboxylic acids is 1. The smallest absolute Gasteiger partial charge is 0.316 e. The molecule has 4 aromatic carbocycles. The third-order valence-electron chi connectivity index (χ3n) is 7.25. The van der Waals surface area contributed by atoms with Gasteiger partial charge in [-0.25, -0.2) is 0 Å². The topological polar surface area (TPSA) is 47.6 Å². The van der Waals surface area contributed by atoms with Crippen molar-refractivity contribution in [2.75, 3.05) is 7.11 Å². The maximum atomic E-state index is 12.7. The Balaban J connectivity index is 1.65. The lowest BCUT2D eigenvalue weighted by Gasteiger charge is -2.25. The van der Waals surface area contributed by atoms with Crippen molar-refractivity contribution in [2.24, 2.45) is 0 Å². The summed E-state index contributed by atoms with van der Waals surface area (Å²) in [6, 6.07) is 29.9. The molecule has 0 bridgehead atoms. The summed E-state index contributed by atoms with van der Waals surface area (Å²) in [5, 5.41) is 6.16. The molecule has 2 atom stereocenters. The third-order valence-corrected chi connectivity index (χ3v) is 7.25. The van der Waals surface area contributed by atoms with Crippen LogP contribution in [-0.4, -0.2) is 19.2 Å². The van der Waals surface area contributed by atoms with E-state index in [1.165, 1.54) is 27.5 Å². The minimum Gasteiger partial charge on any atom is -0.497 e. The van der Waals surface area contributed by atoms with Crippen molar-refractivity contribution in [1.82, 2.24) is 5.32 Å². The molecule has 0 heterocycles. The second-order valence-electron chi connectivity index (χ2n) is 10.8. The van der Waals surface area contributed by atoms with Crippen LogP contribution in [0.5, 0.6) is 5.75 Å². The summed E-state index contributed by atoms with van der Waals surface area (Å²) in [7, 11) is 1.70. The van der Waals surface area contributed by atoms with Crippen LogP contribution in [0.15, 0.2) is 84.9 Å². The maximum Gasteiger partial charge on any atom is 0.316 e. The Labute approximate surface area is 227 Å². The molecule has 0 aliphatic heterocycles. The second kappa shape index (κ2) is 11.4. The van der Waals surface area contributed by atoms with E-state index in [4.69, 9.17) is 9.47 Å². The van der Waals surface area contributed by atoms with Gasteiger partial charge >= 0.3 is 5.97 Å². The number of methoxy groups -OCH3 is 1. The van der Waals surface area contributed by atoms with Gasteiger partial charge in [-0.3, -0.25) is 4.79 Å². The van der Waals surface area contributed by atoms with Crippen molar-refractivity contribution in [3.05, 3.63) is 102 Å². The van der Waals surface area contributed by atoms with Gasteiger partial charge < -0.3 is 14.8 Å². The number of benzene rings is 4. The van der Waals surface area contributed by atoms with Gasteiger partial charge in [-0.15, -0.1) is 0 Å². The van der Waals surface area contributed by atoms with E-state index in [0.717, 1.165) is 16.9 Å². The van der Waals surface area contributed by atoms with Crippen LogP contribution >= 0.6 is 0 Å². The normalized spacial score (nSPS) is 13.4. The Hall–Kier alpha value is -3.63. The van der Waals surface area contributed by atoms with Crippen LogP contribution in [0.25, 0.3) is 21.9 Å². The number of ether oxygens (including phenoxy) is 2. The van der Waals surface area contributed by atoms with Crippen molar-refractivity contribution >= 4 is 16.7 Å². The molecule has 4 nitrogen and oxygen atoms in total. The lowest BCUT2D eigenvalue weighted by Crippen LogP contribution is -2.32. The fourth-order valence-electron chi connectivity index (χ4n) is 4.85. The highest BCUT2D eigenvalue weighted by atomic mass is 16.5. The molecule has 0 aliphatic rings. The third kappa shape index (κ3) is 5.92. The molecular formula is C34H39NO3. The molecule has 0 aromatic heterocycles. The van der Waals surface area contributed by atoms with E-state index in [0.29, 0.717) is 0 Å². The first-order chi connectivity index (χ1) is 18.1. The molecule has 0 saturated heterocycles. The zero-order valence-electron chi connectivity index (χ0n) is 23.5. The van der Waals surface area contributed by atoms with Crippen molar-refractivity contribution in [3.63, 3.8) is 0 Å². The zero-order chi connectivity index (χ0) is 27.4. The number of esters is 1. The van der Waals surface area contributed by atoms with Gasteiger partial charge in [0.05, 0.1) is 18.6 Å². The first-order valence-electron chi connectivity index (χ1n) is 13.3. The molecule has 0 radical (unpaired) electrons. The minimum atomic E-state index is -0.721. The lowest BCUT2D eigenvalue weighted by molar-refractivity contribution is -0.153. The van der Waals surface area contributed by atoms with Gasteiger partial charge in [0.25, 0.3) is 0 Å². The van der Waals surface area contributed by atoms with E-state index in [1.807, 2.05) is 52.0 Å². The quantitative estimate of drug-likeness (QED) is 0.231. The van der Waals surface area contributed by atoms with Crippen molar-refractivity contribution in [1.29, 1.82) is 0 Å². The van der Waals surface area contributed by atoms with Crippen LogP contribution in [0.3, 0.4) is 0 Å². The van der Waals surface area contributed by atoms with E-state index in [9.17, 15) is 4.79 Å². The zero-order valence-corrected chi connectivity index (χ0v) is 23.5. The average Bonchev–Trinajstić information content (AvgIpc) is 2.92. The lowest BCUT2D eigenvalue weighted by atomic mass is 9.83. The number of rotatable bonds is 9. The number of fused-ring (bicyclic) bond motifs is 1. The summed E-state index contributed by atoms with van der Waals surface area (Å²) in [6.45, 7) is 12.0. The molecule has 38 heavy (non-hydrogen) atoms. The molecule has 4 rings (SSSR count). The highest BCUT2D eigenvalue weighted by Gasteiger charge is 2.32. The number of nitrogens with one attached hydrogen (secondary N) is 1. The average molecular weight is 510 g/mol. The van der Waals surface area contributed by atoms with Crippen molar-refractivity contribution < 1.29 is 14.3 Å². The van der Waals surface area contributed by atoms with Crippen LogP contribution in [0.1, 0.15) is 70.3 Å². The number of carbonyl (C=O) groups is 1. The van der Waals surface area contributed by atoms with Gasteiger partial charge in [-0.2, -0.15) is 0 Å². The van der Waals surface area contributed by atoms with Crippen LogP contribution in [-0.2, 0) is 14.9 Å². The fourth-order valence-corrected chi connectivity index (χ4v) is 4.85. The molecule has 1 N–H and O–H groups in total. The van der Waals surface area contributed by atoms with E-state index < -0.39 is 5.41 Å². The summed E-state index contributed by atoms with van der Waals surface area (Å²) >= 11 is 0. The molecule has 4 heteroatoms. The van der Waals surface area contributed by atoms with E-state index in [1.54, 1.807) is 7.11 Å². The largest absolute Gasteiger partial charge is 0.497 e. The summed E-state index contributed by atoms with van der Waals surface area (Å²) in [5.74, 6) is 0.652. The first-order valence-corrected chi connectivity index (χ1v) is 13.3. The molecule has 198 valence electrons. The molecule has 0 aliphatic carbocycles. The predicted molar refractivity (Wildman–Crippen MR) is 157 cm³/mol. The SMILES string of the molecule is COc1cccc([C@@H](C)NC(C)c2cc(-c3ccc(C(C)(C)C(=O)OC(C)C)cc3)c3ccccc3c2)c1. The van der Waals surface area contributed by atoms with Gasteiger partial charge in [0.2, 0.25) is 0 Å². The summed E-state index contributed by atoms with van der Waals surface area (Å²) in [6.07, 6.45) is -0.141. The predicted octanol–water partition coefficient (Wildman–Crippen LogP) is 8.16. The van der Waals surface area contributed by atoms with Crippen molar-refractivity contribution in [2.45, 2.75) is 65.1 Å². The van der Waals surface area contributed by atoms with Gasteiger partial charge in [0, 0.05) is 12.1 Å². The monoisotopic (exact) mass is 509 g/mol. The van der Waals surface area contributed by atoms with Crippen LogP contribution in [0.2, 0.25) is 0 Å². The van der Waals surface area contributed by atoms with Gasteiger partial charge in [0.1, 0.15) is 5.75 Å². The maximum absolute atomic E-state index is 12.7. The molecule has 0 saturated carbocycles. The van der Waals surface area contributed by atoms with Gasteiger partial charge in [-0.1, -0.05) is 60.7 Å². The van der Waals surface area contributed by atoms with Gasteiger partial charge in [0.15, 0.2) is 0 Å². The number of hydrogen-bond acceptors (Lipinski definition) is 4. The van der Waals surface area contributed by atoms with Crippen LogP contribution in [0.4, 0.5) is 0 Å². The molecule has 1 unspecified atom stereocenters. The van der Waals surface area contributed by atoms with Gasteiger partial charge in [-0.05, 0) is 104 Å². The molecule has 0 amide bonds. The Morgan fingerprint density at radius 2 is 1.47 bits per heavy atom. The Morgan fingerprint density at radius 1 is 0.789 bits per heavy atom. The minimum absolute atomic E-state index is 0.128. The Morgan fingerprint density at radius 3 is 2.16 bits per heavy atom. The summed E-state index contributed by atoms with van der Waals surface area (Å²) < 4.78 is 10.9. The summed E-state index contributed by atoms with van der Waals surface area (Å²) in [5.41, 5.74) is 4.92. The Bertz CT molecular complexity index is 1410.